The Balaban J connectivity index is 1.40. The molecule has 2 rings (SSSR count). The van der Waals surface area contributed by atoms with E-state index in [1.807, 2.05) is 0 Å². The highest BCUT2D eigenvalue weighted by Crippen LogP contribution is 2.16. The van der Waals surface area contributed by atoms with E-state index in [1.54, 1.807) is 0 Å². The van der Waals surface area contributed by atoms with E-state index in [-0.39, 0.29) is 0 Å². The van der Waals surface area contributed by atoms with Gasteiger partial charge in [-0.05, 0) is 57.7 Å². The molecule has 2 aliphatic rings. The molecule has 0 aromatic rings. The van der Waals surface area contributed by atoms with Crippen LogP contribution in [-0.4, -0.2) is 50.8 Å². The van der Waals surface area contributed by atoms with Gasteiger partial charge in [0.25, 0.3) is 0 Å². The fraction of sp³-hybridized carbons (Fsp3) is 0.867. The second kappa shape index (κ2) is 8.68. The molecule has 0 aromatic heterocycles. The van der Waals surface area contributed by atoms with Gasteiger partial charge in [-0.2, -0.15) is 0 Å². The second-order valence-corrected chi connectivity index (χ2v) is 5.52. The zero-order chi connectivity index (χ0) is 12.5. The molecule has 1 N–H and O–H groups in total. The van der Waals surface area contributed by atoms with E-state index in [0.717, 1.165) is 32.2 Å². The Morgan fingerprint density at radius 1 is 1.17 bits per heavy atom. The van der Waals surface area contributed by atoms with Crippen LogP contribution in [0.1, 0.15) is 32.1 Å². The van der Waals surface area contributed by atoms with Crippen LogP contribution in [0.4, 0.5) is 0 Å². The number of nitrogens with zero attached hydrogens (tertiary/aromatic N) is 1. The number of allylic oxidation sites excluding steroid dienone is 2. The van der Waals surface area contributed by atoms with Crippen LogP contribution < -0.4 is 5.32 Å². The van der Waals surface area contributed by atoms with Gasteiger partial charge in [-0.3, -0.25) is 4.90 Å². The molecule has 104 valence electrons. The molecule has 1 atom stereocenters. The molecule has 1 aliphatic carbocycles. The van der Waals surface area contributed by atoms with E-state index in [4.69, 9.17) is 4.74 Å². The molecule has 0 spiro atoms. The van der Waals surface area contributed by atoms with Crippen LogP contribution in [0.25, 0.3) is 0 Å². The maximum Gasteiger partial charge on any atom is 0.0594 e. The lowest BCUT2D eigenvalue weighted by molar-refractivity contribution is 0.0372. The van der Waals surface area contributed by atoms with E-state index in [0.29, 0.717) is 0 Å². The summed E-state index contributed by atoms with van der Waals surface area (Å²) in [5.41, 5.74) is 0. The van der Waals surface area contributed by atoms with Crippen molar-refractivity contribution in [3.63, 3.8) is 0 Å². The Hall–Kier alpha value is -0.380. The number of rotatable bonds is 7. The molecule has 1 fully saturated rings. The van der Waals surface area contributed by atoms with Crippen LogP contribution >= 0.6 is 0 Å². The summed E-state index contributed by atoms with van der Waals surface area (Å²) in [6.45, 7) is 7.74. The largest absolute Gasteiger partial charge is 0.379 e. The van der Waals surface area contributed by atoms with Crippen molar-refractivity contribution in [2.45, 2.75) is 32.1 Å². The predicted molar refractivity (Wildman–Crippen MR) is 75.8 cm³/mol. The molecule has 0 bridgehead atoms. The van der Waals surface area contributed by atoms with Crippen LogP contribution in [0.15, 0.2) is 12.2 Å². The summed E-state index contributed by atoms with van der Waals surface area (Å²) in [5, 5.41) is 3.62. The van der Waals surface area contributed by atoms with Gasteiger partial charge in [0.2, 0.25) is 0 Å². The van der Waals surface area contributed by atoms with Gasteiger partial charge in [0.15, 0.2) is 0 Å². The minimum absolute atomic E-state index is 0.884. The van der Waals surface area contributed by atoms with Gasteiger partial charge < -0.3 is 10.1 Å². The Morgan fingerprint density at radius 2 is 2.06 bits per heavy atom. The molecule has 0 amide bonds. The van der Waals surface area contributed by atoms with Crippen LogP contribution in [0.3, 0.4) is 0 Å². The molecule has 3 heteroatoms. The zero-order valence-corrected chi connectivity index (χ0v) is 11.6. The molecule has 1 aliphatic heterocycles. The molecule has 18 heavy (non-hydrogen) atoms. The molecule has 1 unspecified atom stereocenters. The highest BCUT2D eigenvalue weighted by atomic mass is 16.5. The third-order valence-corrected chi connectivity index (χ3v) is 3.99. The summed E-state index contributed by atoms with van der Waals surface area (Å²) in [6, 6.07) is 0. The first-order valence-corrected chi connectivity index (χ1v) is 7.61. The summed E-state index contributed by atoms with van der Waals surface area (Å²) in [5.74, 6) is 0.884. The van der Waals surface area contributed by atoms with E-state index in [1.165, 1.54) is 51.7 Å². The highest BCUT2D eigenvalue weighted by molar-refractivity contribution is 4.90. The van der Waals surface area contributed by atoms with Crippen molar-refractivity contribution in [1.29, 1.82) is 0 Å². The maximum atomic E-state index is 5.35. The number of ether oxygens (including phenoxy) is 1. The number of nitrogens with one attached hydrogen (secondary N) is 1. The standard InChI is InChI=1S/C15H28N2O/c1-2-6-15(7-3-1)14-16-8-4-5-9-17-10-12-18-13-11-17/h1-2,15-16H,3-14H2. The smallest absolute Gasteiger partial charge is 0.0594 e. The molecule has 1 heterocycles. The van der Waals surface area contributed by atoms with Crippen molar-refractivity contribution in [2.75, 3.05) is 45.9 Å². The fourth-order valence-electron chi connectivity index (χ4n) is 2.76. The van der Waals surface area contributed by atoms with Crippen LogP contribution in [0, 0.1) is 5.92 Å². The lowest BCUT2D eigenvalue weighted by Crippen LogP contribution is -2.37. The monoisotopic (exact) mass is 252 g/mol. The molecule has 0 saturated carbocycles. The molecule has 1 saturated heterocycles. The summed E-state index contributed by atoms with van der Waals surface area (Å²) in [4.78, 5) is 2.52. The third-order valence-electron chi connectivity index (χ3n) is 3.99. The maximum absolute atomic E-state index is 5.35. The lowest BCUT2D eigenvalue weighted by Gasteiger charge is -2.26. The van der Waals surface area contributed by atoms with Crippen molar-refractivity contribution in [1.82, 2.24) is 10.2 Å². The van der Waals surface area contributed by atoms with E-state index in [9.17, 15) is 0 Å². The van der Waals surface area contributed by atoms with Gasteiger partial charge in [0, 0.05) is 13.1 Å². The molecule has 3 nitrogen and oxygen atoms in total. The van der Waals surface area contributed by atoms with Crippen LogP contribution in [0.2, 0.25) is 0 Å². The van der Waals surface area contributed by atoms with Gasteiger partial charge in [-0.15, -0.1) is 0 Å². The van der Waals surface area contributed by atoms with Gasteiger partial charge in [0.05, 0.1) is 13.2 Å². The predicted octanol–water partition coefficient (Wildman–Crippen LogP) is 2.04. The minimum atomic E-state index is 0.884. The van der Waals surface area contributed by atoms with Crippen molar-refractivity contribution < 1.29 is 4.74 Å². The number of unbranched alkanes of at least 4 members (excludes halogenated alkanes) is 1. The number of hydrogen-bond acceptors (Lipinski definition) is 3. The Labute approximate surface area is 112 Å². The Morgan fingerprint density at radius 3 is 2.83 bits per heavy atom. The van der Waals surface area contributed by atoms with Crippen molar-refractivity contribution in [3.8, 4) is 0 Å². The first-order valence-electron chi connectivity index (χ1n) is 7.61. The minimum Gasteiger partial charge on any atom is -0.379 e. The van der Waals surface area contributed by atoms with Gasteiger partial charge >= 0.3 is 0 Å². The topological polar surface area (TPSA) is 24.5 Å². The third kappa shape index (κ3) is 5.51. The van der Waals surface area contributed by atoms with Gasteiger partial charge in [-0.1, -0.05) is 12.2 Å². The summed E-state index contributed by atoms with van der Waals surface area (Å²) in [6.07, 6.45) is 11.2. The normalized spacial score (nSPS) is 25.4. The number of morpholine rings is 1. The lowest BCUT2D eigenvalue weighted by atomic mass is 9.94. The highest BCUT2D eigenvalue weighted by Gasteiger charge is 2.10. The average molecular weight is 252 g/mol. The average Bonchev–Trinajstić information content (AvgIpc) is 2.45. The number of hydrogen-bond donors (Lipinski definition) is 1. The second-order valence-electron chi connectivity index (χ2n) is 5.52. The first kappa shape index (κ1) is 14.0. The molecule has 0 radical (unpaired) electrons. The summed E-state index contributed by atoms with van der Waals surface area (Å²) < 4.78 is 5.35. The first-order chi connectivity index (χ1) is 8.95. The van der Waals surface area contributed by atoms with Crippen molar-refractivity contribution in [2.24, 2.45) is 5.92 Å². The molecule has 0 aromatic carbocycles. The molecular weight excluding hydrogens is 224 g/mol. The van der Waals surface area contributed by atoms with Crippen LogP contribution in [0.5, 0.6) is 0 Å². The van der Waals surface area contributed by atoms with E-state index >= 15 is 0 Å². The molecular formula is C15H28N2O. The SMILES string of the molecule is C1=CCC(CNCCCCN2CCOCC2)CC1. The quantitative estimate of drug-likeness (QED) is 0.554. The van der Waals surface area contributed by atoms with Crippen molar-refractivity contribution >= 4 is 0 Å². The Kier molecular flexibility index (Phi) is 6.77. The Bertz CT molecular complexity index is 237. The van der Waals surface area contributed by atoms with Gasteiger partial charge in [0.1, 0.15) is 0 Å². The van der Waals surface area contributed by atoms with Crippen molar-refractivity contribution in [3.05, 3.63) is 12.2 Å². The van der Waals surface area contributed by atoms with Gasteiger partial charge in [-0.25, -0.2) is 0 Å². The fourth-order valence-corrected chi connectivity index (χ4v) is 2.76. The zero-order valence-electron chi connectivity index (χ0n) is 11.6. The van der Waals surface area contributed by atoms with E-state index < -0.39 is 0 Å². The summed E-state index contributed by atoms with van der Waals surface area (Å²) >= 11 is 0. The van der Waals surface area contributed by atoms with Crippen LogP contribution in [-0.2, 0) is 4.74 Å². The summed E-state index contributed by atoms with van der Waals surface area (Å²) in [7, 11) is 0. The van der Waals surface area contributed by atoms with E-state index in [2.05, 4.69) is 22.4 Å².